The summed E-state index contributed by atoms with van der Waals surface area (Å²) in [5.74, 6) is 3.25. The van der Waals surface area contributed by atoms with Crippen molar-refractivity contribution < 1.29 is 4.79 Å². The summed E-state index contributed by atoms with van der Waals surface area (Å²) in [5, 5.41) is 0. The number of allylic oxidation sites excluding steroid dienone is 2. The topological polar surface area (TPSA) is 23.6 Å². The predicted octanol–water partition coefficient (Wildman–Crippen LogP) is 1.60. The van der Waals surface area contributed by atoms with Gasteiger partial charge in [0.25, 0.3) is 0 Å². The van der Waals surface area contributed by atoms with Crippen LogP contribution < -0.4 is 0 Å². The standard InChI is InChI=1S/C14H22N2OS/c17-14(12-3-1-2-4-12)16-8-6-15(7-9-16)13-5-10-18-11-13/h1-2,12-13H,3-11H2. The Kier molecular flexibility index (Phi) is 3.94. The summed E-state index contributed by atoms with van der Waals surface area (Å²) in [5.41, 5.74) is 0. The van der Waals surface area contributed by atoms with Gasteiger partial charge in [-0.25, -0.2) is 0 Å². The number of rotatable bonds is 2. The van der Waals surface area contributed by atoms with Crippen LogP contribution in [0.15, 0.2) is 12.2 Å². The molecule has 3 rings (SSSR count). The maximum Gasteiger partial charge on any atom is 0.226 e. The number of hydrogen-bond donors (Lipinski definition) is 0. The molecule has 0 N–H and O–H groups in total. The van der Waals surface area contributed by atoms with E-state index in [0.717, 1.165) is 45.1 Å². The highest BCUT2D eigenvalue weighted by molar-refractivity contribution is 7.99. The normalized spacial score (nSPS) is 30.2. The maximum absolute atomic E-state index is 12.3. The quantitative estimate of drug-likeness (QED) is 0.709. The monoisotopic (exact) mass is 266 g/mol. The van der Waals surface area contributed by atoms with Crippen LogP contribution in [0.5, 0.6) is 0 Å². The van der Waals surface area contributed by atoms with E-state index in [9.17, 15) is 4.79 Å². The highest BCUT2D eigenvalue weighted by atomic mass is 32.2. The van der Waals surface area contributed by atoms with Crippen LogP contribution in [0.25, 0.3) is 0 Å². The molecule has 0 aromatic carbocycles. The Balaban J connectivity index is 1.48. The van der Waals surface area contributed by atoms with E-state index >= 15 is 0 Å². The minimum Gasteiger partial charge on any atom is -0.340 e. The van der Waals surface area contributed by atoms with Crippen LogP contribution in [0.3, 0.4) is 0 Å². The third-order valence-corrected chi connectivity index (χ3v) is 5.55. The molecule has 2 saturated heterocycles. The van der Waals surface area contributed by atoms with Crippen LogP contribution in [0, 0.1) is 5.92 Å². The first kappa shape index (κ1) is 12.5. The number of carbonyl (C=O) groups excluding carboxylic acids is 1. The molecule has 0 aromatic heterocycles. The molecule has 18 heavy (non-hydrogen) atoms. The van der Waals surface area contributed by atoms with Crippen molar-refractivity contribution in [1.82, 2.24) is 9.80 Å². The minimum absolute atomic E-state index is 0.249. The Morgan fingerprint density at radius 2 is 1.83 bits per heavy atom. The van der Waals surface area contributed by atoms with Gasteiger partial charge in [0.15, 0.2) is 0 Å². The van der Waals surface area contributed by atoms with Crippen molar-refractivity contribution in [3.8, 4) is 0 Å². The Morgan fingerprint density at radius 1 is 1.11 bits per heavy atom. The summed E-state index contributed by atoms with van der Waals surface area (Å²) < 4.78 is 0. The van der Waals surface area contributed by atoms with Crippen molar-refractivity contribution in [2.24, 2.45) is 5.92 Å². The molecule has 2 aliphatic heterocycles. The largest absolute Gasteiger partial charge is 0.340 e. The van der Waals surface area contributed by atoms with Crippen LogP contribution in [-0.2, 0) is 4.79 Å². The van der Waals surface area contributed by atoms with Crippen LogP contribution >= 0.6 is 11.8 Å². The molecule has 0 bridgehead atoms. The molecule has 1 unspecified atom stereocenters. The fraction of sp³-hybridized carbons (Fsp3) is 0.786. The van der Waals surface area contributed by atoms with Gasteiger partial charge in [0.05, 0.1) is 0 Å². The molecule has 0 spiro atoms. The Bertz CT molecular complexity index is 323. The predicted molar refractivity (Wildman–Crippen MR) is 75.7 cm³/mol. The fourth-order valence-electron chi connectivity index (χ4n) is 3.19. The van der Waals surface area contributed by atoms with Crippen LogP contribution in [0.1, 0.15) is 19.3 Å². The van der Waals surface area contributed by atoms with E-state index in [1.54, 1.807) is 0 Å². The third kappa shape index (κ3) is 2.59. The summed E-state index contributed by atoms with van der Waals surface area (Å²) in [6, 6.07) is 0.778. The Morgan fingerprint density at radius 3 is 2.44 bits per heavy atom. The van der Waals surface area contributed by atoms with Crippen molar-refractivity contribution in [2.75, 3.05) is 37.7 Å². The molecular formula is C14H22N2OS. The van der Waals surface area contributed by atoms with Gasteiger partial charge in [-0.1, -0.05) is 12.2 Å². The molecule has 4 heteroatoms. The van der Waals surface area contributed by atoms with Gasteiger partial charge >= 0.3 is 0 Å². The van der Waals surface area contributed by atoms with Gasteiger partial charge in [0, 0.05) is 43.9 Å². The second-order valence-corrected chi connectivity index (χ2v) is 6.67. The van der Waals surface area contributed by atoms with E-state index in [0.29, 0.717) is 5.91 Å². The Hall–Kier alpha value is -0.480. The summed E-state index contributed by atoms with van der Waals surface area (Å²) in [6.45, 7) is 4.04. The zero-order valence-corrected chi connectivity index (χ0v) is 11.7. The number of carbonyl (C=O) groups is 1. The van der Waals surface area contributed by atoms with Crippen LogP contribution in [0.4, 0.5) is 0 Å². The lowest BCUT2D eigenvalue weighted by Gasteiger charge is -2.38. The molecule has 1 amide bonds. The lowest BCUT2D eigenvalue weighted by molar-refractivity contribution is -0.137. The smallest absolute Gasteiger partial charge is 0.226 e. The number of piperazine rings is 1. The lowest BCUT2D eigenvalue weighted by Crippen LogP contribution is -2.53. The first-order chi connectivity index (χ1) is 8.84. The maximum atomic E-state index is 12.3. The van der Waals surface area contributed by atoms with E-state index in [4.69, 9.17) is 0 Å². The van der Waals surface area contributed by atoms with Gasteiger partial charge in [-0.05, 0) is 25.0 Å². The second kappa shape index (κ2) is 5.66. The molecular weight excluding hydrogens is 244 g/mol. The van der Waals surface area contributed by atoms with Crippen molar-refractivity contribution in [3.05, 3.63) is 12.2 Å². The SMILES string of the molecule is O=C(C1CC=CC1)N1CCN(C2CCSC2)CC1. The van der Waals surface area contributed by atoms with Crippen molar-refractivity contribution in [2.45, 2.75) is 25.3 Å². The average molecular weight is 266 g/mol. The summed E-state index contributed by atoms with van der Waals surface area (Å²) in [4.78, 5) is 17.0. The zero-order valence-electron chi connectivity index (χ0n) is 10.9. The molecule has 1 atom stereocenters. The lowest BCUT2D eigenvalue weighted by atomic mass is 10.0. The molecule has 0 aromatic rings. The van der Waals surface area contributed by atoms with E-state index in [1.165, 1.54) is 17.9 Å². The summed E-state index contributed by atoms with van der Waals surface area (Å²) >= 11 is 2.07. The molecule has 0 radical (unpaired) electrons. The Labute approximate surface area is 114 Å². The summed E-state index contributed by atoms with van der Waals surface area (Å²) in [7, 11) is 0. The fourth-order valence-corrected chi connectivity index (χ4v) is 4.45. The van der Waals surface area contributed by atoms with Crippen molar-refractivity contribution >= 4 is 17.7 Å². The zero-order chi connectivity index (χ0) is 12.4. The van der Waals surface area contributed by atoms with E-state index in [1.807, 2.05) is 0 Å². The van der Waals surface area contributed by atoms with Gasteiger partial charge in [0.1, 0.15) is 0 Å². The van der Waals surface area contributed by atoms with E-state index < -0.39 is 0 Å². The molecule has 0 saturated carbocycles. The highest BCUT2D eigenvalue weighted by Gasteiger charge is 2.30. The van der Waals surface area contributed by atoms with Crippen molar-refractivity contribution in [1.29, 1.82) is 0 Å². The molecule has 100 valence electrons. The van der Waals surface area contributed by atoms with Gasteiger partial charge in [-0.2, -0.15) is 11.8 Å². The van der Waals surface area contributed by atoms with Gasteiger partial charge in [-0.3, -0.25) is 9.69 Å². The number of nitrogens with zero attached hydrogens (tertiary/aromatic N) is 2. The molecule has 3 aliphatic rings. The minimum atomic E-state index is 0.249. The second-order valence-electron chi connectivity index (χ2n) is 5.52. The molecule has 3 nitrogen and oxygen atoms in total. The number of hydrogen-bond acceptors (Lipinski definition) is 3. The average Bonchev–Trinajstić information content (AvgIpc) is 3.11. The molecule has 1 aliphatic carbocycles. The van der Waals surface area contributed by atoms with E-state index in [2.05, 4.69) is 33.7 Å². The highest BCUT2D eigenvalue weighted by Crippen LogP contribution is 2.25. The van der Waals surface area contributed by atoms with Gasteiger partial charge in [0.2, 0.25) is 5.91 Å². The first-order valence-corrected chi connectivity index (χ1v) is 8.25. The molecule has 2 fully saturated rings. The first-order valence-electron chi connectivity index (χ1n) is 7.10. The summed E-state index contributed by atoms with van der Waals surface area (Å²) in [6.07, 6.45) is 7.55. The molecule has 2 heterocycles. The number of amides is 1. The van der Waals surface area contributed by atoms with Gasteiger partial charge < -0.3 is 4.90 Å². The van der Waals surface area contributed by atoms with Gasteiger partial charge in [-0.15, -0.1) is 0 Å². The van der Waals surface area contributed by atoms with Crippen molar-refractivity contribution in [3.63, 3.8) is 0 Å². The van der Waals surface area contributed by atoms with Crippen LogP contribution in [0.2, 0.25) is 0 Å². The third-order valence-electron chi connectivity index (χ3n) is 4.41. The van der Waals surface area contributed by atoms with Crippen LogP contribution in [-0.4, -0.2) is 59.4 Å². The number of thioether (sulfide) groups is 1. The van der Waals surface area contributed by atoms with E-state index in [-0.39, 0.29) is 5.92 Å².